The molecule has 2 amide bonds. The Hall–Kier alpha value is -1.08. The molecule has 2 aromatic rings. The predicted molar refractivity (Wildman–Crippen MR) is 102 cm³/mol. The van der Waals surface area contributed by atoms with Crippen LogP contribution in [0.1, 0.15) is 22.2 Å². The number of thiophene rings is 1. The van der Waals surface area contributed by atoms with Crippen molar-refractivity contribution in [1.29, 1.82) is 0 Å². The molecular weight excluding hydrogens is 435 g/mol. The Morgan fingerprint density at radius 3 is 2.62 bits per heavy atom. The van der Waals surface area contributed by atoms with E-state index in [1.54, 1.807) is 48.4 Å². The van der Waals surface area contributed by atoms with Gasteiger partial charge >= 0.3 is 0 Å². The molecule has 1 unspecified atom stereocenters. The van der Waals surface area contributed by atoms with E-state index >= 15 is 0 Å². The number of amides is 2. The Morgan fingerprint density at radius 2 is 2.00 bits per heavy atom. The van der Waals surface area contributed by atoms with Gasteiger partial charge in [-0.1, -0.05) is 29.3 Å². The second-order valence-corrected chi connectivity index (χ2v) is 8.53. The standard InChI is InChI=1S/C16H15BrCl2N2O2S/c1-9(16(23)21(2)8-10-6-7-13(17)24-10)20-15(22)11-4-3-5-12(18)14(11)19/h3-7,9H,8H2,1-2H3,(H,20,22). The van der Waals surface area contributed by atoms with Crippen LogP contribution in [0.4, 0.5) is 0 Å². The van der Waals surface area contributed by atoms with Crippen molar-refractivity contribution in [2.75, 3.05) is 7.05 Å². The summed E-state index contributed by atoms with van der Waals surface area (Å²) < 4.78 is 1.01. The van der Waals surface area contributed by atoms with Crippen LogP contribution in [0.25, 0.3) is 0 Å². The third-order valence-corrected chi connectivity index (χ3v) is 5.74. The lowest BCUT2D eigenvalue weighted by Gasteiger charge is -2.22. The maximum absolute atomic E-state index is 12.4. The molecule has 1 aromatic carbocycles. The highest BCUT2D eigenvalue weighted by Crippen LogP contribution is 2.25. The SMILES string of the molecule is CC(NC(=O)c1cccc(Cl)c1Cl)C(=O)N(C)Cc1ccc(Br)s1. The van der Waals surface area contributed by atoms with Crippen LogP contribution in [0, 0.1) is 0 Å². The molecule has 0 aliphatic heterocycles. The van der Waals surface area contributed by atoms with Gasteiger partial charge in [-0.2, -0.15) is 0 Å². The predicted octanol–water partition coefficient (Wildman–Crippen LogP) is 4.59. The molecule has 2 rings (SSSR count). The summed E-state index contributed by atoms with van der Waals surface area (Å²) in [5, 5.41) is 3.13. The third-order valence-electron chi connectivity index (χ3n) is 3.31. The average Bonchev–Trinajstić information content (AvgIpc) is 2.93. The summed E-state index contributed by atoms with van der Waals surface area (Å²) in [6, 6.07) is 8.01. The zero-order valence-corrected chi connectivity index (χ0v) is 16.9. The fraction of sp³-hybridized carbons (Fsp3) is 0.250. The molecule has 0 aliphatic rings. The van der Waals surface area contributed by atoms with E-state index in [0.29, 0.717) is 11.6 Å². The molecule has 128 valence electrons. The van der Waals surface area contributed by atoms with Crippen molar-refractivity contribution in [2.45, 2.75) is 19.5 Å². The highest BCUT2D eigenvalue weighted by molar-refractivity contribution is 9.11. The lowest BCUT2D eigenvalue weighted by molar-refractivity contribution is -0.132. The van der Waals surface area contributed by atoms with Gasteiger partial charge in [0.15, 0.2) is 0 Å². The van der Waals surface area contributed by atoms with Crippen LogP contribution in [0.2, 0.25) is 10.0 Å². The molecule has 0 saturated carbocycles. The second-order valence-electron chi connectivity index (χ2n) is 5.20. The van der Waals surface area contributed by atoms with Gasteiger partial charge in [0.05, 0.1) is 25.9 Å². The summed E-state index contributed by atoms with van der Waals surface area (Å²) in [4.78, 5) is 27.3. The van der Waals surface area contributed by atoms with Crippen LogP contribution in [0.5, 0.6) is 0 Å². The largest absolute Gasteiger partial charge is 0.340 e. The van der Waals surface area contributed by atoms with E-state index in [1.165, 1.54) is 0 Å². The van der Waals surface area contributed by atoms with Crippen LogP contribution in [0.15, 0.2) is 34.1 Å². The normalized spacial score (nSPS) is 11.9. The molecule has 4 nitrogen and oxygen atoms in total. The fourth-order valence-electron chi connectivity index (χ4n) is 2.09. The van der Waals surface area contributed by atoms with Gasteiger partial charge in [0.25, 0.3) is 5.91 Å². The maximum atomic E-state index is 12.4. The first-order valence-electron chi connectivity index (χ1n) is 7.03. The third kappa shape index (κ3) is 4.72. The fourth-order valence-corrected chi connectivity index (χ4v) is 4.02. The first kappa shape index (κ1) is 19.2. The van der Waals surface area contributed by atoms with Crippen LogP contribution < -0.4 is 5.32 Å². The lowest BCUT2D eigenvalue weighted by Crippen LogP contribution is -2.45. The van der Waals surface area contributed by atoms with Crippen LogP contribution in [-0.4, -0.2) is 29.8 Å². The monoisotopic (exact) mass is 448 g/mol. The summed E-state index contributed by atoms with van der Waals surface area (Å²) in [6.07, 6.45) is 0. The number of nitrogens with one attached hydrogen (secondary N) is 1. The molecule has 0 bridgehead atoms. The van der Waals surface area contributed by atoms with Crippen molar-refractivity contribution in [3.05, 3.63) is 54.6 Å². The number of carbonyl (C=O) groups is 2. The number of rotatable bonds is 5. The minimum atomic E-state index is -0.680. The molecule has 8 heteroatoms. The molecule has 1 heterocycles. The Labute approximate surface area is 162 Å². The van der Waals surface area contributed by atoms with Gasteiger partial charge in [-0.05, 0) is 47.1 Å². The van der Waals surface area contributed by atoms with Crippen molar-refractivity contribution in [3.8, 4) is 0 Å². The van der Waals surface area contributed by atoms with E-state index < -0.39 is 11.9 Å². The zero-order valence-electron chi connectivity index (χ0n) is 13.0. The number of hydrogen-bond donors (Lipinski definition) is 1. The number of benzene rings is 1. The summed E-state index contributed by atoms with van der Waals surface area (Å²) >= 11 is 16.9. The molecule has 0 spiro atoms. The van der Waals surface area contributed by atoms with Crippen LogP contribution >= 0.6 is 50.5 Å². The van der Waals surface area contributed by atoms with Crippen molar-refractivity contribution >= 4 is 62.3 Å². The summed E-state index contributed by atoms with van der Waals surface area (Å²) in [5.74, 6) is -0.623. The Bertz CT molecular complexity index is 766. The van der Waals surface area contributed by atoms with Gasteiger partial charge in [0.1, 0.15) is 6.04 Å². The summed E-state index contributed by atoms with van der Waals surface area (Å²) in [6.45, 7) is 2.12. The first-order valence-corrected chi connectivity index (χ1v) is 9.40. The number of carbonyl (C=O) groups excluding carboxylic acids is 2. The van der Waals surface area contributed by atoms with Crippen molar-refractivity contribution in [2.24, 2.45) is 0 Å². The maximum Gasteiger partial charge on any atom is 0.253 e. The minimum Gasteiger partial charge on any atom is -0.340 e. The molecule has 1 atom stereocenters. The average molecular weight is 450 g/mol. The molecule has 0 radical (unpaired) electrons. The van der Waals surface area contributed by atoms with Gasteiger partial charge in [-0.25, -0.2) is 0 Å². The van der Waals surface area contributed by atoms with Crippen LogP contribution in [0.3, 0.4) is 0 Å². The minimum absolute atomic E-state index is 0.174. The van der Waals surface area contributed by atoms with Gasteiger partial charge in [-0.15, -0.1) is 11.3 Å². The Balaban J connectivity index is 2.00. The summed E-state index contributed by atoms with van der Waals surface area (Å²) in [7, 11) is 1.70. The van der Waals surface area contributed by atoms with E-state index in [0.717, 1.165) is 8.66 Å². The summed E-state index contributed by atoms with van der Waals surface area (Å²) in [5.41, 5.74) is 0.244. The van der Waals surface area contributed by atoms with Crippen LogP contribution in [-0.2, 0) is 11.3 Å². The van der Waals surface area contributed by atoms with E-state index in [2.05, 4.69) is 21.2 Å². The van der Waals surface area contributed by atoms with Crippen molar-refractivity contribution in [3.63, 3.8) is 0 Å². The molecule has 24 heavy (non-hydrogen) atoms. The highest BCUT2D eigenvalue weighted by Gasteiger charge is 2.22. The molecule has 0 aliphatic carbocycles. The number of nitrogens with zero attached hydrogens (tertiary/aromatic N) is 1. The van der Waals surface area contributed by atoms with E-state index in [-0.39, 0.29) is 16.5 Å². The van der Waals surface area contributed by atoms with Crippen molar-refractivity contribution < 1.29 is 9.59 Å². The Morgan fingerprint density at radius 1 is 1.29 bits per heavy atom. The molecule has 1 N–H and O–H groups in total. The lowest BCUT2D eigenvalue weighted by atomic mass is 10.2. The highest BCUT2D eigenvalue weighted by atomic mass is 79.9. The number of halogens is 3. The van der Waals surface area contributed by atoms with Crippen molar-refractivity contribution in [1.82, 2.24) is 10.2 Å². The zero-order chi connectivity index (χ0) is 17.9. The number of likely N-dealkylation sites (N-methyl/N-ethyl adjacent to an activating group) is 1. The first-order chi connectivity index (χ1) is 11.3. The van der Waals surface area contributed by atoms with Gasteiger partial charge < -0.3 is 10.2 Å². The van der Waals surface area contributed by atoms with E-state index in [9.17, 15) is 9.59 Å². The molecular formula is C16H15BrCl2N2O2S. The van der Waals surface area contributed by atoms with Gasteiger partial charge in [0.2, 0.25) is 5.91 Å². The topological polar surface area (TPSA) is 49.4 Å². The van der Waals surface area contributed by atoms with Gasteiger partial charge in [-0.3, -0.25) is 9.59 Å². The molecule has 1 aromatic heterocycles. The number of hydrogen-bond acceptors (Lipinski definition) is 3. The quantitative estimate of drug-likeness (QED) is 0.725. The molecule has 0 fully saturated rings. The van der Waals surface area contributed by atoms with E-state index in [4.69, 9.17) is 23.2 Å². The second kappa shape index (κ2) is 8.34. The van der Waals surface area contributed by atoms with E-state index in [1.807, 2.05) is 12.1 Å². The smallest absolute Gasteiger partial charge is 0.253 e. The van der Waals surface area contributed by atoms with Gasteiger partial charge in [0, 0.05) is 11.9 Å². The Kier molecular flexibility index (Phi) is 6.69. The molecule has 0 saturated heterocycles.